The van der Waals surface area contributed by atoms with Gasteiger partial charge in [0, 0.05) is 0 Å². The third kappa shape index (κ3) is 2.76. The van der Waals surface area contributed by atoms with Crippen LogP contribution in [0.15, 0.2) is 15.7 Å². The van der Waals surface area contributed by atoms with Crippen molar-refractivity contribution in [3.05, 3.63) is 16.9 Å². The van der Waals surface area contributed by atoms with Crippen molar-refractivity contribution in [3.8, 4) is 0 Å². The number of nitrogens with zero attached hydrogens (tertiary/aromatic N) is 1. The van der Waals surface area contributed by atoms with E-state index in [9.17, 15) is 9.18 Å². The number of carbonyl (C=O) groups is 1. The molecule has 0 aliphatic rings. The van der Waals surface area contributed by atoms with Gasteiger partial charge in [0.05, 0.1) is 11.6 Å². The number of carbonyl (C=O) groups excluding carboxylic acids is 1. The zero-order chi connectivity index (χ0) is 14.0. The Hall–Kier alpha value is -1.47. The molecule has 0 atom stereocenters. The second-order valence-electron chi connectivity index (χ2n) is 3.42. The summed E-state index contributed by atoms with van der Waals surface area (Å²) >= 11 is 7.13. The molecule has 1 aromatic heterocycles. The molecule has 0 aliphatic heterocycles. The zero-order valence-electron chi connectivity index (χ0n) is 10.1. The van der Waals surface area contributed by atoms with Gasteiger partial charge in [-0.2, -0.15) is 0 Å². The van der Waals surface area contributed by atoms with Gasteiger partial charge in [-0.15, -0.1) is 0 Å². The maximum absolute atomic E-state index is 13.8. The Labute approximate surface area is 117 Å². The van der Waals surface area contributed by atoms with Crippen molar-refractivity contribution in [3.63, 3.8) is 0 Å². The molecule has 2 rings (SSSR count). The molecule has 1 aromatic carbocycles. The molecule has 19 heavy (non-hydrogen) atoms. The quantitative estimate of drug-likeness (QED) is 0.871. The van der Waals surface area contributed by atoms with E-state index in [-0.39, 0.29) is 22.9 Å². The summed E-state index contributed by atoms with van der Waals surface area (Å²) in [5.41, 5.74) is 0.243. The van der Waals surface area contributed by atoms with Gasteiger partial charge in [-0.3, -0.25) is 5.32 Å². The largest absolute Gasteiger partial charge is 0.450 e. The summed E-state index contributed by atoms with van der Waals surface area (Å²) in [5.74, 6) is -0.714. The minimum Gasteiger partial charge on any atom is -0.450 e. The predicted molar refractivity (Wildman–Crippen MR) is 71.4 cm³/mol. The van der Waals surface area contributed by atoms with Crippen LogP contribution in [0.1, 0.15) is 6.92 Å². The molecule has 1 heterocycles. The van der Waals surface area contributed by atoms with E-state index in [0.717, 1.165) is 6.07 Å². The highest BCUT2D eigenvalue weighted by molar-refractivity contribution is 7.98. The van der Waals surface area contributed by atoms with Crippen molar-refractivity contribution >= 4 is 46.2 Å². The first-order chi connectivity index (χ1) is 9.06. The maximum atomic E-state index is 13.8. The third-order valence-corrected chi connectivity index (χ3v) is 3.04. The number of amides is 1. The first-order valence-electron chi connectivity index (χ1n) is 5.33. The van der Waals surface area contributed by atoms with Gasteiger partial charge in [-0.25, -0.2) is 14.2 Å². The number of hydrogen-bond acceptors (Lipinski definition) is 5. The summed E-state index contributed by atoms with van der Waals surface area (Å²) < 4.78 is 23.9. The van der Waals surface area contributed by atoms with E-state index >= 15 is 0 Å². The topological polar surface area (TPSA) is 64.4 Å². The highest BCUT2D eigenvalue weighted by atomic mass is 35.5. The number of oxazole rings is 1. The van der Waals surface area contributed by atoms with E-state index < -0.39 is 11.9 Å². The van der Waals surface area contributed by atoms with Crippen molar-refractivity contribution in [2.24, 2.45) is 0 Å². The van der Waals surface area contributed by atoms with Crippen LogP contribution < -0.4 is 5.32 Å². The molecule has 0 unspecified atom stereocenters. The molecular formula is C11H10ClFN2O3S. The summed E-state index contributed by atoms with van der Waals surface area (Å²) in [6.07, 6.45) is 0.986. The summed E-state index contributed by atoms with van der Waals surface area (Å²) in [7, 11) is 0. The van der Waals surface area contributed by atoms with Crippen LogP contribution in [0.5, 0.6) is 0 Å². The van der Waals surface area contributed by atoms with E-state index in [1.807, 2.05) is 0 Å². The van der Waals surface area contributed by atoms with Gasteiger partial charge in [0.25, 0.3) is 5.22 Å². The molecule has 0 aliphatic carbocycles. The number of halogens is 2. The molecule has 0 saturated heterocycles. The van der Waals surface area contributed by atoms with Crippen molar-refractivity contribution in [2.45, 2.75) is 12.1 Å². The molecule has 0 spiro atoms. The molecule has 0 fully saturated rings. The smallest absolute Gasteiger partial charge is 0.411 e. The number of hydrogen-bond donors (Lipinski definition) is 1. The van der Waals surface area contributed by atoms with Crippen LogP contribution in [0.4, 0.5) is 14.9 Å². The van der Waals surface area contributed by atoms with Crippen molar-refractivity contribution in [2.75, 3.05) is 18.2 Å². The summed E-state index contributed by atoms with van der Waals surface area (Å²) in [6.45, 7) is 1.82. The summed E-state index contributed by atoms with van der Waals surface area (Å²) in [6, 6.07) is 1.07. The second-order valence-corrected chi connectivity index (χ2v) is 4.59. The Bertz CT molecular complexity index is 632. The van der Waals surface area contributed by atoms with Crippen LogP contribution in [-0.4, -0.2) is 23.9 Å². The Balaban J connectivity index is 2.52. The number of thioether (sulfide) groups is 1. The van der Waals surface area contributed by atoms with E-state index in [1.165, 1.54) is 11.8 Å². The molecule has 5 nitrogen and oxygen atoms in total. The predicted octanol–water partition coefficient (Wildman–Crippen LogP) is 3.91. The fourth-order valence-electron chi connectivity index (χ4n) is 1.47. The summed E-state index contributed by atoms with van der Waals surface area (Å²) in [5, 5.41) is 2.73. The fraction of sp³-hybridized carbons (Fsp3) is 0.273. The molecule has 1 amide bonds. The van der Waals surface area contributed by atoms with E-state index in [0.29, 0.717) is 10.7 Å². The minimum atomic E-state index is -0.771. The number of fused-ring (bicyclic) bond motifs is 1. The van der Waals surface area contributed by atoms with Crippen LogP contribution in [0, 0.1) is 5.82 Å². The van der Waals surface area contributed by atoms with Crippen molar-refractivity contribution < 1.29 is 18.3 Å². The number of ether oxygens (including phenoxy) is 1. The van der Waals surface area contributed by atoms with Crippen LogP contribution in [-0.2, 0) is 4.74 Å². The van der Waals surface area contributed by atoms with Gasteiger partial charge in [0.2, 0.25) is 0 Å². The number of benzene rings is 1. The SMILES string of the molecule is CCOC(=O)Nc1c(F)cc(Cl)c2nc(SC)oc12. The Morgan fingerprint density at radius 2 is 2.42 bits per heavy atom. The van der Waals surface area contributed by atoms with E-state index in [4.69, 9.17) is 20.8 Å². The lowest BCUT2D eigenvalue weighted by Gasteiger charge is -2.06. The average molecular weight is 305 g/mol. The molecule has 0 radical (unpaired) electrons. The van der Waals surface area contributed by atoms with E-state index in [2.05, 4.69) is 10.3 Å². The Kier molecular flexibility index (Phi) is 4.16. The third-order valence-electron chi connectivity index (χ3n) is 2.23. The molecule has 8 heteroatoms. The molecule has 2 aromatic rings. The fourth-order valence-corrected chi connectivity index (χ4v) is 2.04. The molecule has 1 N–H and O–H groups in total. The highest BCUT2D eigenvalue weighted by Gasteiger charge is 2.19. The lowest BCUT2D eigenvalue weighted by molar-refractivity contribution is 0.168. The first kappa shape index (κ1) is 14.0. The van der Waals surface area contributed by atoms with Crippen LogP contribution >= 0.6 is 23.4 Å². The van der Waals surface area contributed by atoms with Crippen molar-refractivity contribution in [1.29, 1.82) is 0 Å². The number of anilines is 1. The Morgan fingerprint density at radius 1 is 1.68 bits per heavy atom. The Morgan fingerprint density at radius 3 is 3.05 bits per heavy atom. The van der Waals surface area contributed by atoms with Gasteiger partial charge < -0.3 is 9.15 Å². The maximum Gasteiger partial charge on any atom is 0.411 e. The van der Waals surface area contributed by atoms with Gasteiger partial charge in [0.1, 0.15) is 11.2 Å². The van der Waals surface area contributed by atoms with Gasteiger partial charge >= 0.3 is 6.09 Å². The van der Waals surface area contributed by atoms with Crippen LogP contribution in [0.2, 0.25) is 5.02 Å². The zero-order valence-corrected chi connectivity index (χ0v) is 11.7. The van der Waals surface area contributed by atoms with Gasteiger partial charge in [-0.1, -0.05) is 23.4 Å². The second kappa shape index (κ2) is 5.66. The number of rotatable bonds is 3. The number of aromatic nitrogens is 1. The monoisotopic (exact) mass is 304 g/mol. The highest BCUT2D eigenvalue weighted by Crippen LogP contribution is 2.35. The lowest BCUT2D eigenvalue weighted by atomic mass is 10.2. The van der Waals surface area contributed by atoms with Gasteiger partial charge in [0.15, 0.2) is 11.4 Å². The van der Waals surface area contributed by atoms with E-state index in [1.54, 1.807) is 13.2 Å². The molecule has 102 valence electrons. The van der Waals surface area contributed by atoms with Crippen LogP contribution in [0.3, 0.4) is 0 Å². The average Bonchev–Trinajstić information content (AvgIpc) is 2.79. The first-order valence-corrected chi connectivity index (χ1v) is 6.93. The number of nitrogens with one attached hydrogen (secondary N) is 1. The standard InChI is InChI=1S/C11H10ClFN2O3S/c1-3-17-10(16)14-8-6(13)4-5(12)7-9(8)18-11(15-7)19-2/h4H,3H2,1-2H3,(H,14,16). The minimum absolute atomic E-state index is 0.0856. The van der Waals surface area contributed by atoms with Crippen LogP contribution in [0.25, 0.3) is 11.1 Å². The van der Waals surface area contributed by atoms with Crippen molar-refractivity contribution in [1.82, 2.24) is 4.98 Å². The van der Waals surface area contributed by atoms with Gasteiger partial charge in [-0.05, 0) is 19.2 Å². The normalized spacial score (nSPS) is 10.7. The molecule has 0 bridgehead atoms. The molecular weight excluding hydrogens is 295 g/mol. The lowest BCUT2D eigenvalue weighted by Crippen LogP contribution is -2.14. The molecule has 0 saturated carbocycles. The summed E-state index contributed by atoms with van der Waals surface area (Å²) in [4.78, 5) is 15.5.